The van der Waals surface area contributed by atoms with Gasteiger partial charge in [-0.05, 0) is 243 Å². The van der Waals surface area contributed by atoms with E-state index in [1.165, 1.54) is 169 Å². The standard InChI is InChI=1S/C100H99BN4/c1-94(2,3)67-37-48-87-76(57-67)77-58-68(95(4,5)6)38-49-88(77)105(87)72-60-91-93-92(61-72)103(70-41-32-63(33-42-70)65-35-45-80-82(55-65)100(16,17)53-51-98(80,12)13)90-59-71(104-85-28-22-19-25-74(85)75-26-20-23-29-86(75)104)43-46-83(90)101(93)84-56-66(73-24-18-21-27-78(73)96(7,8)9)36-47-89(84)102(91)69-39-30-62(31-40-69)64-34-44-79-81(54-64)99(14,15)52-50-97(79,10)11/h18-49,54-61H,50-53H2,1-17H3. The van der Waals surface area contributed by atoms with E-state index in [2.05, 4.69) is 379 Å². The molecule has 4 heterocycles. The number of aromatic nitrogens is 2. The quantitative estimate of drug-likeness (QED) is 0.148. The van der Waals surface area contributed by atoms with E-state index in [0.29, 0.717) is 0 Å². The Hall–Kier alpha value is -10.1. The average Bonchev–Trinajstić information content (AvgIpc) is 1.29. The maximum atomic E-state index is 2.65. The van der Waals surface area contributed by atoms with E-state index in [1.807, 2.05) is 0 Å². The fraction of sp³-hybridized carbons (Fsp3) is 0.280. The molecule has 18 rings (SSSR count). The molecule has 0 fully saturated rings. The predicted octanol–water partition coefficient (Wildman–Crippen LogP) is 25.6. The van der Waals surface area contributed by atoms with Crippen molar-refractivity contribution in [3.63, 3.8) is 0 Å². The molecule has 2 aliphatic carbocycles. The smallest absolute Gasteiger partial charge is 0.252 e. The summed E-state index contributed by atoms with van der Waals surface area (Å²) in [5.74, 6) is 0. The highest BCUT2D eigenvalue weighted by Crippen LogP contribution is 2.53. The molecule has 0 amide bonds. The van der Waals surface area contributed by atoms with Crippen LogP contribution in [0, 0.1) is 0 Å². The van der Waals surface area contributed by atoms with Crippen molar-refractivity contribution in [1.82, 2.24) is 9.13 Å². The number of anilines is 6. The molecule has 0 N–H and O–H groups in total. The molecule has 0 bridgehead atoms. The van der Waals surface area contributed by atoms with Gasteiger partial charge in [-0.3, -0.25) is 0 Å². The molecule has 0 radical (unpaired) electrons. The fourth-order valence-corrected chi connectivity index (χ4v) is 18.9. The minimum atomic E-state index is -0.179. The van der Waals surface area contributed by atoms with Crippen LogP contribution in [0.15, 0.2) is 243 Å². The van der Waals surface area contributed by atoms with Crippen LogP contribution in [-0.2, 0) is 37.9 Å². The van der Waals surface area contributed by atoms with Crippen molar-refractivity contribution in [3.05, 3.63) is 282 Å². The third-order valence-corrected chi connectivity index (χ3v) is 25.3. The molecule has 0 saturated carbocycles. The van der Waals surface area contributed by atoms with Crippen molar-refractivity contribution in [3.8, 4) is 44.8 Å². The molecule has 0 spiro atoms. The van der Waals surface area contributed by atoms with Gasteiger partial charge in [0, 0.05) is 61.4 Å². The van der Waals surface area contributed by atoms with Crippen molar-refractivity contribution < 1.29 is 0 Å². The molecule has 5 heteroatoms. The second-order valence-corrected chi connectivity index (χ2v) is 37.1. The lowest BCUT2D eigenvalue weighted by Crippen LogP contribution is -2.61. The summed E-state index contributed by atoms with van der Waals surface area (Å²) in [6.45, 7) is 40.5. The molecular formula is C100H99BN4. The lowest BCUT2D eigenvalue weighted by Gasteiger charge is -2.45. The molecule has 2 aromatic heterocycles. The molecule has 4 nitrogen and oxygen atoms in total. The molecule has 0 saturated heterocycles. The van der Waals surface area contributed by atoms with Crippen LogP contribution in [0.5, 0.6) is 0 Å². The maximum Gasteiger partial charge on any atom is 0.252 e. The number of rotatable bonds is 7. The van der Waals surface area contributed by atoms with E-state index in [9.17, 15) is 0 Å². The van der Waals surface area contributed by atoms with Crippen molar-refractivity contribution >= 4 is 101 Å². The molecule has 522 valence electrons. The molecule has 2 aliphatic heterocycles. The Balaban J connectivity index is 0.940. The number of hydrogen-bond donors (Lipinski definition) is 0. The fourth-order valence-electron chi connectivity index (χ4n) is 18.9. The van der Waals surface area contributed by atoms with Gasteiger partial charge in [0.1, 0.15) is 0 Å². The van der Waals surface area contributed by atoms with Crippen LogP contribution in [0.1, 0.15) is 182 Å². The first-order valence-electron chi connectivity index (χ1n) is 38.7. The Bertz CT molecular complexity index is 5800. The summed E-state index contributed by atoms with van der Waals surface area (Å²) in [7, 11) is 0. The van der Waals surface area contributed by atoms with Crippen LogP contribution in [-0.4, -0.2) is 15.8 Å². The predicted molar refractivity (Wildman–Crippen MR) is 452 cm³/mol. The molecule has 0 unspecified atom stereocenters. The third kappa shape index (κ3) is 10.6. The Morgan fingerprint density at radius 2 is 0.695 bits per heavy atom. The van der Waals surface area contributed by atoms with Crippen molar-refractivity contribution in [2.24, 2.45) is 0 Å². The van der Waals surface area contributed by atoms with E-state index >= 15 is 0 Å². The Morgan fingerprint density at radius 3 is 1.19 bits per heavy atom. The van der Waals surface area contributed by atoms with Gasteiger partial charge in [0.25, 0.3) is 6.71 Å². The van der Waals surface area contributed by atoms with Crippen LogP contribution < -0.4 is 26.2 Å². The first-order chi connectivity index (χ1) is 49.9. The monoisotopic (exact) mass is 1370 g/mol. The Morgan fingerprint density at radius 1 is 0.286 bits per heavy atom. The first-order valence-corrected chi connectivity index (χ1v) is 38.7. The lowest BCUT2D eigenvalue weighted by atomic mass is 9.33. The summed E-state index contributed by atoms with van der Waals surface area (Å²) in [6, 6.07) is 95.6. The second kappa shape index (κ2) is 23.2. The highest BCUT2D eigenvalue weighted by atomic mass is 15.2. The highest BCUT2D eigenvalue weighted by Gasteiger charge is 2.46. The minimum absolute atomic E-state index is 0.0598. The van der Waals surface area contributed by atoms with Gasteiger partial charge in [-0.25, -0.2) is 0 Å². The summed E-state index contributed by atoms with van der Waals surface area (Å²) >= 11 is 0. The number of para-hydroxylation sites is 2. The van der Waals surface area contributed by atoms with E-state index in [-0.39, 0.29) is 44.6 Å². The molecule has 14 aromatic rings. The van der Waals surface area contributed by atoms with Crippen molar-refractivity contribution in [2.75, 3.05) is 9.80 Å². The minimum Gasteiger partial charge on any atom is -0.311 e. The van der Waals surface area contributed by atoms with Crippen molar-refractivity contribution in [1.29, 1.82) is 0 Å². The number of hydrogen-bond acceptors (Lipinski definition) is 2. The van der Waals surface area contributed by atoms with Crippen LogP contribution >= 0.6 is 0 Å². The summed E-state index contributed by atoms with van der Waals surface area (Å²) in [5.41, 5.74) is 35.3. The van der Waals surface area contributed by atoms with Gasteiger partial charge in [0.05, 0.1) is 27.8 Å². The normalized spacial score (nSPS) is 16.3. The Labute approximate surface area is 623 Å². The number of fused-ring (bicyclic) bond motifs is 12. The van der Waals surface area contributed by atoms with Gasteiger partial charge in [-0.1, -0.05) is 269 Å². The molecule has 0 atom stereocenters. The topological polar surface area (TPSA) is 16.3 Å². The van der Waals surface area contributed by atoms with E-state index in [4.69, 9.17) is 0 Å². The van der Waals surface area contributed by atoms with Gasteiger partial charge < -0.3 is 18.9 Å². The highest BCUT2D eigenvalue weighted by molar-refractivity contribution is 7.00. The average molecular weight is 1370 g/mol. The summed E-state index contributed by atoms with van der Waals surface area (Å²) in [5, 5.41) is 5.03. The van der Waals surface area contributed by atoms with Crippen LogP contribution in [0.25, 0.3) is 88.4 Å². The van der Waals surface area contributed by atoms with Crippen LogP contribution in [0.2, 0.25) is 0 Å². The lowest BCUT2D eigenvalue weighted by molar-refractivity contribution is 0.332. The molecule has 12 aromatic carbocycles. The van der Waals surface area contributed by atoms with E-state index in [1.54, 1.807) is 0 Å². The van der Waals surface area contributed by atoms with E-state index < -0.39 is 0 Å². The molecule has 4 aliphatic rings. The van der Waals surface area contributed by atoms with Gasteiger partial charge >= 0.3 is 0 Å². The first kappa shape index (κ1) is 66.8. The zero-order valence-corrected chi connectivity index (χ0v) is 64.8. The second-order valence-electron chi connectivity index (χ2n) is 37.1. The van der Waals surface area contributed by atoms with Gasteiger partial charge in [-0.15, -0.1) is 0 Å². The zero-order valence-electron chi connectivity index (χ0n) is 64.8. The SMILES string of the molecule is CC(C)(C)c1ccc2c(c1)c1cc(C(C)(C)C)ccc1n2-c1cc2c3c(c1)N(c1ccc(-c4ccc5c(c4)C(C)(C)CCC5(C)C)cc1)c1cc(-n4c5ccccc5c5ccccc54)ccc1B3c1cc(-c3ccccc3C(C)(C)C)ccc1N2c1ccc(-c2ccc3c(c2)C(C)(C)CCC3(C)C)cc1. The molecular weight excluding hydrogens is 1270 g/mol. The van der Waals surface area contributed by atoms with E-state index in [0.717, 1.165) is 34.1 Å². The zero-order chi connectivity index (χ0) is 73.0. The van der Waals surface area contributed by atoms with Crippen molar-refractivity contribution in [2.45, 2.75) is 181 Å². The number of nitrogens with zero attached hydrogens (tertiary/aromatic N) is 4. The Kier molecular flexibility index (Phi) is 14.8. The maximum absolute atomic E-state index is 2.65. The van der Waals surface area contributed by atoms with Gasteiger partial charge in [0.15, 0.2) is 0 Å². The van der Waals surface area contributed by atoms with Gasteiger partial charge in [-0.2, -0.15) is 0 Å². The number of benzene rings is 12. The summed E-state index contributed by atoms with van der Waals surface area (Å²) in [6.07, 6.45) is 4.71. The third-order valence-electron chi connectivity index (χ3n) is 25.3. The van der Waals surface area contributed by atoms with Crippen LogP contribution in [0.4, 0.5) is 34.1 Å². The molecule has 105 heavy (non-hydrogen) atoms. The van der Waals surface area contributed by atoms with Crippen LogP contribution in [0.3, 0.4) is 0 Å². The summed E-state index contributed by atoms with van der Waals surface area (Å²) < 4.78 is 5.10. The van der Waals surface area contributed by atoms with Gasteiger partial charge in [0.2, 0.25) is 0 Å². The summed E-state index contributed by atoms with van der Waals surface area (Å²) in [4.78, 5) is 5.29. The largest absolute Gasteiger partial charge is 0.311 e.